The fraction of sp³-hybridized carbons (Fsp3) is 0. The Morgan fingerprint density at radius 1 is 0.500 bits per heavy atom. The second-order valence-corrected chi connectivity index (χ2v) is 8.77. The molecule has 0 atom stereocenters. The minimum Gasteiger partial charge on any atom is -0.238 e. The lowest BCUT2D eigenvalue weighted by Crippen LogP contribution is -1.92. The monoisotopic (exact) mass is 456 g/mol. The van der Waals surface area contributed by atoms with Gasteiger partial charge in [0.1, 0.15) is 0 Å². The van der Waals surface area contributed by atoms with Crippen molar-refractivity contribution in [2.24, 2.45) is 0 Å². The molecule has 6 aromatic rings. The summed E-state index contributed by atoms with van der Waals surface area (Å²) in [6, 6.07) is 43.5. The van der Waals surface area contributed by atoms with Crippen molar-refractivity contribution in [3.05, 3.63) is 138 Å². The molecule has 0 radical (unpaired) electrons. The SMILES string of the molecule is [C-]#[N+]c1ccc(-c2c3ccccc3c(-c3ccc(C#N)cc3)c3cc(-c4ccccc4)ccc23)cc1. The molecular formula is C34H20N2. The fourth-order valence-corrected chi connectivity index (χ4v) is 5.02. The minimum atomic E-state index is 0.632. The Morgan fingerprint density at radius 3 is 1.64 bits per heavy atom. The van der Waals surface area contributed by atoms with Crippen molar-refractivity contribution in [1.82, 2.24) is 0 Å². The number of nitriles is 1. The van der Waals surface area contributed by atoms with Crippen LogP contribution in [0.1, 0.15) is 5.56 Å². The van der Waals surface area contributed by atoms with Gasteiger partial charge in [-0.25, -0.2) is 4.85 Å². The van der Waals surface area contributed by atoms with Crippen LogP contribution in [-0.2, 0) is 0 Å². The molecule has 6 rings (SSSR count). The van der Waals surface area contributed by atoms with Gasteiger partial charge in [-0.1, -0.05) is 103 Å². The molecule has 36 heavy (non-hydrogen) atoms. The molecule has 0 fully saturated rings. The fourth-order valence-electron chi connectivity index (χ4n) is 5.02. The third-order valence-electron chi connectivity index (χ3n) is 6.72. The number of benzene rings is 6. The molecule has 0 bridgehead atoms. The third-order valence-corrected chi connectivity index (χ3v) is 6.72. The third kappa shape index (κ3) is 3.59. The van der Waals surface area contributed by atoms with E-state index in [0.29, 0.717) is 11.3 Å². The molecule has 0 unspecified atom stereocenters. The maximum absolute atomic E-state index is 9.34. The van der Waals surface area contributed by atoms with Gasteiger partial charge in [0, 0.05) is 0 Å². The summed E-state index contributed by atoms with van der Waals surface area (Å²) < 4.78 is 0. The summed E-state index contributed by atoms with van der Waals surface area (Å²) in [6.07, 6.45) is 0. The Hall–Kier alpha value is -5.18. The van der Waals surface area contributed by atoms with Crippen molar-refractivity contribution >= 4 is 27.2 Å². The molecule has 6 aromatic carbocycles. The first-order valence-corrected chi connectivity index (χ1v) is 11.8. The molecule has 0 spiro atoms. The smallest absolute Gasteiger partial charge is 0.187 e. The van der Waals surface area contributed by atoms with Crippen LogP contribution in [0.3, 0.4) is 0 Å². The van der Waals surface area contributed by atoms with E-state index in [1.807, 2.05) is 54.6 Å². The van der Waals surface area contributed by atoms with Crippen LogP contribution in [0.15, 0.2) is 121 Å². The highest BCUT2D eigenvalue weighted by Gasteiger charge is 2.17. The van der Waals surface area contributed by atoms with Gasteiger partial charge in [-0.15, -0.1) is 0 Å². The van der Waals surface area contributed by atoms with E-state index in [4.69, 9.17) is 6.57 Å². The minimum absolute atomic E-state index is 0.632. The number of fused-ring (bicyclic) bond motifs is 2. The van der Waals surface area contributed by atoms with E-state index < -0.39 is 0 Å². The van der Waals surface area contributed by atoms with Crippen LogP contribution < -0.4 is 0 Å². The van der Waals surface area contributed by atoms with Crippen molar-refractivity contribution in [1.29, 1.82) is 5.26 Å². The zero-order valence-electron chi connectivity index (χ0n) is 19.4. The average molecular weight is 457 g/mol. The first kappa shape index (κ1) is 21.4. The molecule has 166 valence electrons. The normalized spacial score (nSPS) is 10.7. The summed E-state index contributed by atoms with van der Waals surface area (Å²) in [5, 5.41) is 14.0. The Bertz CT molecular complexity index is 1820. The summed E-state index contributed by atoms with van der Waals surface area (Å²) in [7, 11) is 0. The standard InChI is InChI=1S/C34H20N2/c1-36-28-18-15-26(16-19-28)33-29-9-5-6-10-30(29)34(25-13-11-23(22-35)12-14-25)32-21-27(17-20-31(32)33)24-7-3-2-4-8-24/h2-21H. The number of hydrogen-bond donors (Lipinski definition) is 0. The van der Waals surface area contributed by atoms with Gasteiger partial charge in [0.2, 0.25) is 0 Å². The topological polar surface area (TPSA) is 28.1 Å². The van der Waals surface area contributed by atoms with Crippen LogP contribution in [0.2, 0.25) is 0 Å². The van der Waals surface area contributed by atoms with E-state index >= 15 is 0 Å². The summed E-state index contributed by atoms with van der Waals surface area (Å²) in [6.45, 7) is 7.34. The van der Waals surface area contributed by atoms with Gasteiger partial charge in [0.05, 0.1) is 18.2 Å². The first-order valence-electron chi connectivity index (χ1n) is 11.8. The summed E-state index contributed by atoms with van der Waals surface area (Å²) in [5.41, 5.74) is 8.09. The van der Waals surface area contributed by atoms with Gasteiger partial charge in [-0.3, -0.25) is 0 Å². The molecular weight excluding hydrogens is 436 g/mol. The van der Waals surface area contributed by atoms with Gasteiger partial charge in [0.15, 0.2) is 5.69 Å². The molecule has 0 amide bonds. The Labute approximate surface area is 210 Å². The molecule has 0 aliphatic heterocycles. The van der Waals surface area contributed by atoms with E-state index in [1.165, 1.54) is 5.56 Å². The van der Waals surface area contributed by atoms with Gasteiger partial charge >= 0.3 is 0 Å². The molecule has 0 aromatic heterocycles. The van der Waals surface area contributed by atoms with Crippen LogP contribution >= 0.6 is 0 Å². The molecule has 0 aliphatic rings. The van der Waals surface area contributed by atoms with Crippen molar-refractivity contribution in [2.45, 2.75) is 0 Å². The van der Waals surface area contributed by atoms with Crippen LogP contribution in [0.25, 0.3) is 59.8 Å². The van der Waals surface area contributed by atoms with E-state index in [0.717, 1.165) is 49.4 Å². The molecule has 2 nitrogen and oxygen atoms in total. The van der Waals surface area contributed by atoms with Crippen molar-refractivity contribution in [2.75, 3.05) is 0 Å². The number of nitrogens with zero attached hydrogens (tertiary/aromatic N) is 2. The number of rotatable bonds is 3. The van der Waals surface area contributed by atoms with Crippen molar-refractivity contribution in [3.63, 3.8) is 0 Å². The van der Waals surface area contributed by atoms with Crippen LogP contribution in [-0.4, -0.2) is 0 Å². The molecule has 0 saturated carbocycles. The summed E-state index contributed by atoms with van der Waals surface area (Å²) in [5.74, 6) is 0. The Morgan fingerprint density at radius 2 is 1.03 bits per heavy atom. The first-order chi connectivity index (χ1) is 17.8. The quantitative estimate of drug-likeness (QED) is 0.192. The summed E-state index contributed by atoms with van der Waals surface area (Å²) >= 11 is 0. The number of hydrogen-bond acceptors (Lipinski definition) is 1. The zero-order chi connectivity index (χ0) is 24.5. The van der Waals surface area contributed by atoms with E-state index in [9.17, 15) is 5.26 Å². The lowest BCUT2D eigenvalue weighted by molar-refractivity contribution is 1.49. The molecule has 0 saturated heterocycles. The van der Waals surface area contributed by atoms with Gasteiger partial charge in [0.25, 0.3) is 0 Å². The maximum atomic E-state index is 9.34. The lowest BCUT2D eigenvalue weighted by atomic mass is 9.84. The maximum Gasteiger partial charge on any atom is 0.187 e. The highest BCUT2D eigenvalue weighted by atomic mass is 14.6. The second-order valence-electron chi connectivity index (χ2n) is 8.77. The van der Waals surface area contributed by atoms with E-state index in [-0.39, 0.29) is 0 Å². The van der Waals surface area contributed by atoms with E-state index in [1.54, 1.807) is 0 Å². The molecule has 0 aliphatic carbocycles. The predicted molar refractivity (Wildman–Crippen MR) is 149 cm³/mol. The van der Waals surface area contributed by atoms with Crippen molar-refractivity contribution in [3.8, 4) is 39.4 Å². The Kier molecular flexibility index (Phi) is 5.27. The van der Waals surface area contributed by atoms with Crippen LogP contribution in [0.5, 0.6) is 0 Å². The molecule has 0 heterocycles. The van der Waals surface area contributed by atoms with Crippen LogP contribution in [0.4, 0.5) is 5.69 Å². The largest absolute Gasteiger partial charge is 0.238 e. The average Bonchev–Trinajstić information content (AvgIpc) is 2.96. The predicted octanol–water partition coefficient (Wildman–Crippen LogP) is 9.42. The highest BCUT2D eigenvalue weighted by Crippen LogP contribution is 2.45. The zero-order valence-corrected chi connectivity index (χ0v) is 19.4. The lowest BCUT2D eigenvalue weighted by Gasteiger charge is -2.19. The Balaban J connectivity index is 1.75. The summed E-state index contributed by atoms with van der Waals surface area (Å²) in [4.78, 5) is 3.57. The van der Waals surface area contributed by atoms with Gasteiger partial charge < -0.3 is 0 Å². The van der Waals surface area contributed by atoms with Gasteiger partial charge in [-0.05, 0) is 73.1 Å². The molecule has 0 N–H and O–H groups in total. The second kappa shape index (κ2) is 8.88. The van der Waals surface area contributed by atoms with Crippen molar-refractivity contribution < 1.29 is 0 Å². The van der Waals surface area contributed by atoms with E-state index in [2.05, 4.69) is 77.6 Å². The molecule has 2 heteroatoms. The van der Waals surface area contributed by atoms with Gasteiger partial charge in [-0.2, -0.15) is 5.26 Å². The van der Waals surface area contributed by atoms with Crippen LogP contribution in [0, 0.1) is 17.9 Å². The highest BCUT2D eigenvalue weighted by molar-refractivity contribution is 6.22.